The molecule has 16 heavy (non-hydrogen) atoms. The molecule has 0 unspecified atom stereocenters. The van der Waals surface area contributed by atoms with Crippen LogP contribution >= 0.6 is 11.5 Å². The molecule has 1 saturated carbocycles. The van der Waals surface area contributed by atoms with E-state index in [0.717, 1.165) is 5.52 Å². The number of aromatic nitrogens is 1. The molecule has 1 aliphatic rings. The van der Waals surface area contributed by atoms with Gasteiger partial charge in [0.05, 0.1) is 5.52 Å². The minimum Gasteiger partial charge on any atom is -0.372 e. The summed E-state index contributed by atoms with van der Waals surface area (Å²) < 4.78 is 4.46. The molecule has 2 nitrogen and oxygen atoms in total. The van der Waals surface area contributed by atoms with Crippen molar-refractivity contribution in [1.29, 1.82) is 0 Å². The summed E-state index contributed by atoms with van der Waals surface area (Å²) in [6, 6.07) is 9.04. The molecule has 1 N–H and O–H groups in total. The Kier molecular flexibility index (Phi) is 2.79. The average molecular weight is 232 g/mol. The zero-order chi connectivity index (χ0) is 10.8. The van der Waals surface area contributed by atoms with Gasteiger partial charge in [0.1, 0.15) is 5.00 Å². The molecule has 0 amide bonds. The lowest BCUT2D eigenvalue weighted by atomic mass is 9.95. The van der Waals surface area contributed by atoms with Crippen LogP contribution in [0.2, 0.25) is 0 Å². The topological polar surface area (TPSA) is 24.9 Å². The summed E-state index contributed by atoms with van der Waals surface area (Å²) in [5, 5.41) is 6.19. The van der Waals surface area contributed by atoms with Gasteiger partial charge in [-0.2, -0.15) is 4.37 Å². The second-order valence-corrected chi connectivity index (χ2v) is 5.28. The molecule has 2 aromatic rings. The Morgan fingerprint density at radius 2 is 1.94 bits per heavy atom. The minimum absolute atomic E-state index is 0.664. The average Bonchev–Trinajstić information content (AvgIpc) is 2.74. The van der Waals surface area contributed by atoms with E-state index in [0.29, 0.717) is 6.04 Å². The molecule has 3 rings (SSSR count). The van der Waals surface area contributed by atoms with E-state index in [1.54, 1.807) is 11.5 Å². The molecule has 1 aliphatic carbocycles. The number of nitrogens with one attached hydrogen (secondary N) is 1. The Hall–Kier alpha value is -1.09. The molecule has 0 bridgehead atoms. The second-order valence-electron chi connectivity index (χ2n) is 4.51. The van der Waals surface area contributed by atoms with Crippen LogP contribution in [-0.2, 0) is 0 Å². The van der Waals surface area contributed by atoms with Gasteiger partial charge in [-0.25, -0.2) is 0 Å². The van der Waals surface area contributed by atoms with Crippen LogP contribution in [0, 0.1) is 0 Å². The van der Waals surface area contributed by atoms with Gasteiger partial charge in [-0.05, 0) is 36.5 Å². The van der Waals surface area contributed by atoms with Gasteiger partial charge in [0, 0.05) is 11.4 Å². The molecular weight excluding hydrogens is 216 g/mol. The normalized spacial score (nSPS) is 17.8. The van der Waals surface area contributed by atoms with Gasteiger partial charge in [0.25, 0.3) is 0 Å². The van der Waals surface area contributed by atoms with Crippen molar-refractivity contribution in [2.45, 2.75) is 38.1 Å². The zero-order valence-electron chi connectivity index (χ0n) is 9.28. The number of hydrogen-bond donors (Lipinski definition) is 1. The first-order chi connectivity index (χ1) is 7.93. The third kappa shape index (κ3) is 1.92. The molecular formula is C13H16N2S. The summed E-state index contributed by atoms with van der Waals surface area (Å²) in [7, 11) is 0. The third-order valence-electron chi connectivity index (χ3n) is 3.32. The van der Waals surface area contributed by atoms with Crippen LogP contribution in [0.1, 0.15) is 32.1 Å². The molecule has 0 aliphatic heterocycles. The highest BCUT2D eigenvalue weighted by Gasteiger charge is 2.15. The monoisotopic (exact) mass is 232 g/mol. The van der Waals surface area contributed by atoms with Crippen LogP contribution in [0.25, 0.3) is 10.9 Å². The fraction of sp³-hybridized carbons (Fsp3) is 0.462. The Morgan fingerprint density at radius 1 is 1.12 bits per heavy atom. The van der Waals surface area contributed by atoms with Gasteiger partial charge in [0.15, 0.2) is 0 Å². The first kappa shape index (κ1) is 10.1. The van der Waals surface area contributed by atoms with E-state index in [9.17, 15) is 0 Å². The van der Waals surface area contributed by atoms with E-state index in [1.165, 1.54) is 42.5 Å². The fourth-order valence-corrected chi connectivity index (χ4v) is 3.26. The SMILES string of the molecule is c1ccc2c(NC3CCCCC3)snc2c1. The van der Waals surface area contributed by atoms with Crippen molar-refractivity contribution >= 4 is 27.4 Å². The summed E-state index contributed by atoms with van der Waals surface area (Å²) in [5.74, 6) is 0. The van der Waals surface area contributed by atoms with Crippen molar-refractivity contribution < 1.29 is 0 Å². The maximum absolute atomic E-state index is 4.46. The Balaban J connectivity index is 1.83. The quantitative estimate of drug-likeness (QED) is 0.845. The Morgan fingerprint density at radius 3 is 2.81 bits per heavy atom. The summed E-state index contributed by atoms with van der Waals surface area (Å²) in [4.78, 5) is 0. The molecule has 0 radical (unpaired) electrons. The minimum atomic E-state index is 0.664. The van der Waals surface area contributed by atoms with Gasteiger partial charge in [-0.1, -0.05) is 31.4 Å². The number of hydrogen-bond acceptors (Lipinski definition) is 3. The highest BCUT2D eigenvalue weighted by Crippen LogP contribution is 2.30. The third-order valence-corrected chi connectivity index (χ3v) is 4.13. The number of fused-ring (bicyclic) bond motifs is 1. The molecule has 1 aromatic carbocycles. The summed E-state index contributed by atoms with van der Waals surface area (Å²) >= 11 is 1.60. The molecule has 84 valence electrons. The Labute approximate surface area is 99.8 Å². The maximum atomic E-state index is 4.46. The standard InChI is InChI=1S/C13H16N2S/c1-2-6-10(7-3-1)14-13-11-8-4-5-9-12(11)15-16-13/h4-5,8-10,14H,1-3,6-7H2. The highest BCUT2D eigenvalue weighted by molar-refractivity contribution is 7.11. The second kappa shape index (κ2) is 4.42. The van der Waals surface area contributed by atoms with Gasteiger partial charge in [-0.3, -0.25) is 0 Å². The Bertz CT molecular complexity index is 471. The van der Waals surface area contributed by atoms with Crippen molar-refractivity contribution in [2.75, 3.05) is 5.32 Å². The van der Waals surface area contributed by atoms with Gasteiger partial charge in [0.2, 0.25) is 0 Å². The van der Waals surface area contributed by atoms with Crippen LogP contribution in [0.5, 0.6) is 0 Å². The van der Waals surface area contributed by atoms with E-state index in [4.69, 9.17) is 0 Å². The number of nitrogens with zero attached hydrogens (tertiary/aromatic N) is 1. The summed E-state index contributed by atoms with van der Waals surface area (Å²) in [6.07, 6.45) is 6.77. The van der Waals surface area contributed by atoms with E-state index in [2.05, 4.69) is 27.9 Å². The van der Waals surface area contributed by atoms with E-state index < -0.39 is 0 Å². The maximum Gasteiger partial charge on any atom is 0.117 e. The lowest BCUT2D eigenvalue weighted by Crippen LogP contribution is -2.21. The number of benzene rings is 1. The smallest absolute Gasteiger partial charge is 0.117 e. The highest BCUT2D eigenvalue weighted by atomic mass is 32.1. The molecule has 0 saturated heterocycles. The van der Waals surface area contributed by atoms with Crippen molar-refractivity contribution in [3.63, 3.8) is 0 Å². The van der Waals surface area contributed by atoms with Crippen molar-refractivity contribution in [3.8, 4) is 0 Å². The summed E-state index contributed by atoms with van der Waals surface area (Å²) in [5.41, 5.74) is 1.12. The van der Waals surface area contributed by atoms with Gasteiger partial charge >= 0.3 is 0 Å². The van der Waals surface area contributed by atoms with E-state index in [-0.39, 0.29) is 0 Å². The lowest BCUT2D eigenvalue weighted by Gasteiger charge is -2.22. The van der Waals surface area contributed by atoms with Gasteiger partial charge in [-0.15, -0.1) is 0 Å². The molecule has 1 aromatic heterocycles. The fourth-order valence-electron chi connectivity index (χ4n) is 2.43. The first-order valence-electron chi connectivity index (χ1n) is 6.04. The molecule has 0 atom stereocenters. The lowest BCUT2D eigenvalue weighted by molar-refractivity contribution is 0.463. The van der Waals surface area contributed by atoms with Crippen LogP contribution < -0.4 is 5.32 Å². The van der Waals surface area contributed by atoms with Crippen LogP contribution in [0.15, 0.2) is 24.3 Å². The van der Waals surface area contributed by atoms with Crippen LogP contribution in [-0.4, -0.2) is 10.4 Å². The number of anilines is 1. The first-order valence-corrected chi connectivity index (χ1v) is 6.82. The summed E-state index contributed by atoms with van der Waals surface area (Å²) in [6.45, 7) is 0. The molecule has 1 fully saturated rings. The van der Waals surface area contributed by atoms with Gasteiger partial charge < -0.3 is 5.32 Å². The predicted octanol–water partition coefficient (Wildman–Crippen LogP) is 4.04. The van der Waals surface area contributed by atoms with Crippen molar-refractivity contribution in [3.05, 3.63) is 24.3 Å². The molecule has 0 spiro atoms. The van der Waals surface area contributed by atoms with Crippen molar-refractivity contribution in [1.82, 2.24) is 4.37 Å². The van der Waals surface area contributed by atoms with Crippen molar-refractivity contribution in [2.24, 2.45) is 0 Å². The van der Waals surface area contributed by atoms with E-state index in [1.807, 2.05) is 6.07 Å². The van der Waals surface area contributed by atoms with Crippen LogP contribution in [0.3, 0.4) is 0 Å². The molecule has 3 heteroatoms. The van der Waals surface area contributed by atoms with E-state index >= 15 is 0 Å². The number of rotatable bonds is 2. The zero-order valence-corrected chi connectivity index (χ0v) is 10.1. The predicted molar refractivity (Wildman–Crippen MR) is 70.1 cm³/mol. The molecule has 1 heterocycles. The largest absolute Gasteiger partial charge is 0.372 e. The van der Waals surface area contributed by atoms with Crippen LogP contribution in [0.4, 0.5) is 5.00 Å².